The average Bonchev–Trinajstić information content (AvgIpc) is 2.93. The van der Waals surface area contributed by atoms with Crippen molar-refractivity contribution in [3.63, 3.8) is 0 Å². The Hall–Kier alpha value is -1.09. The summed E-state index contributed by atoms with van der Waals surface area (Å²) in [6.45, 7) is 2.03. The van der Waals surface area contributed by atoms with E-state index < -0.39 is 0 Å². The van der Waals surface area contributed by atoms with Crippen LogP contribution in [0.25, 0.3) is 0 Å². The summed E-state index contributed by atoms with van der Waals surface area (Å²) in [5.74, 6) is 0.346. The third-order valence-electron chi connectivity index (χ3n) is 2.87. The normalized spacial score (nSPS) is 18.4. The number of rotatable bonds is 6. The van der Waals surface area contributed by atoms with Crippen molar-refractivity contribution in [1.82, 2.24) is 0 Å². The molecule has 1 atom stereocenters. The quantitative estimate of drug-likeness (QED) is 0.594. The Morgan fingerprint density at radius 3 is 3.11 bits per heavy atom. The van der Waals surface area contributed by atoms with E-state index in [9.17, 15) is 4.39 Å². The first-order valence-electron chi connectivity index (χ1n) is 6.31. The summed E-state index contributed by atoms with van der Waals surface area (Å²) in [6.07, 6.45) is 2.41. The van der Waals surface area contributed by atoms with Crippen LogP contribution in [0.5, 0.6) is 0 Å². The Morgan fingerprint density at radius 2 is 2.42 bits per heavy atom. The predicted molar refractivity (Wildman–Crippen MR) is 71.6 cm³/mol. The van der Waals surface area contributed by atoms with Gasteiger partial charge < -0.3 is 9.47 Å². The van der Waals surface area contributed by atoms with E-state index in [0.29, 0.717) is 29.4 Å². The second-order valence-corrected chi connectivity index (χ2v) is 5.45. The lowest BCUT2D eigenvalue weighted by Crippen LogP contribution is -2.15. The first-order chi connectivity index (χ1) is 9.29. The molecule has 0 radical (unpaired) electrons. The van der Waals surface area contributed by atoms with E-state index in [2.05, 4.69) is 0 Å². The molecule has 0 N–H and O–H groups in total. The lowest BCUT2D eigenvalue weighted by molar-refractivity contribution is 0.0226. The fourth-order valence-electron chi connectivity index (χ4n) is 1.89. The van der Waals surface area contributed by atoms with Gasteiger partial charge in [-0.1, -0.05) is 0 Å². The van der Waals surface area contributed by atoms with E-state index in [1.807, 2.05) is 6.07 Å². The highest BCUT2D eigenvalue weighted by Gasteiger charge is 2.15. The van der Waals surface area contributed by atoms with Gasteiger partial charge in [0.25, 0.3) is 0 Å². The number of benzene rings is 1. The predicted octanol–water partition coefficient (Wildman–Crippen LogP) is 2.99. The van der Waals surface area contributed by atoms with Gasteiger partial charge in [-0.2, -0.15) is 5.26 Å². The lowest BCUT2D eigenvalue weighted by Gasteiger charge is -2.10. The molecular formula is C14H16FNO2S. The molecule has 102 valence electrons. The largest absolute Gasteiger partial charge is 0.378 e. The highest BCUT2D eigenvalue weighted by atomic mass is 32.2. The van der Waals surface area contributed by atoms with Crippen LogP contribution in [-0.4, -0.2) is 31.7 Å². The van der Waals surface area contributed by atoms with Crippen molar-refractivity contribution < 1.29 is 13.9 Å². The van der Waals surface area contributed by atoms with Crippen LogP contribution in [0, 0.1) is 17.1 Å². The molecule has 0 saturated carbocycles. The van der Waals surface area contributed by atoms with Gasteiger partial charge in [0.1, 0.15) is 5.82 Å². The molecule has 1 aromatic rings. The third-order valence-corrected chi connectivity index (χ3v) is 3.89. The highest BCUT2D eigenvalue weighted by Crippen LogP contribution is 2.22. The summed E-state index contributed by atoms with van der Waals surface area (Å²) in [4.78, 5) is 0.555. The molecule has 2 rings (SSSR count). The van der Waals surface area contributed by atoms with E-state index >= 15 is 0 Å². The lowest BCUT2D eigenvalue weighted by atomic mass is 10.2. The minimum atomic E-state index is -0.344. The monoisotopic (exact) mass is 281 g/mol. The standard InChI is InChI=1S/C14H16FNO2S/c15-13-8-11(9-16)3-4-14(13)19-7-6-17-10-12-2-1-5-18-12/h3-4,8,12H,1-2,5-7,10H2. The Labute approximate surface area is 116 Å². The summed E-state index contributed by atoms with van der Waals surface area (Å²) in [7, 11) is 0. The molecule has 0 amide bonds. The first kappa shape index (κ1) is 14.3. The first-order valence-corrected chi connectivity index (χ1v) is 7.30. The van der Waals surface area contributed by atoms with Crippen molar-refractivity contribution in [2.24, 2.45) is 0 Å². The van der Waals surface area contributed by atoms with E-state index in [-0.39, 0.29) is 11.9 Å². The van der Waals surface area contributed by atoms with Crippen LogP contribution in [0.1, 0.15) is 18.4 Å². The maximum atomic E-state index is 13.6. The van der Waals surface area contributed by atoms with Gasteiger partial charge >= 0.3 is 0 Å². The number of halogens is 1. The van der Waals surface area contributed by atoms with Crippen LogP contribution in [0.15, 0.2) is 23.1 Å². The molecule has 1 unspecified atom stereocenters. The van der Waals surface area contributed by atoms with Crippen LogP contribution in [-0.2, 0) is 9.47 Å². The number of hydrogen-bond donors (Lipinski definition) is 0. The molecular weight excluding hydrogens is 265 g/mol. The zero-order valence-corrected chi connectivity index (χ0v) is 11.4. The molecule has 0 spiro atoms. The fourth-order valence-corrected chi connectivity index (χ4v) is 2.67. The maximum absolute atomic E-state index is 13.6. The van der Waals surface area contributed by atoms with Crippen molar-refractivity contribution in [2.45, 2.75) is 23.8 Å². The number of thioether (sulfide) groups is 1. The van der Waals surface area contributed by atoms with Gasteiger partial charge in [0.15, 0.2) is 0 Å². The zero-order valence-electron chi connectivity index (χ0n) is 10.6. The van der Waals surface area contributed by atoms with Crippen LogP contribution >= 0.6 is 11.8 Å². The zero-order chi connectivity index (χ0) is 13.5. The average molecular weight is 281 g/mol. The summed E-state index contributed by atoms with van der Waals surface area (Å²) in [6, 6.07) is 6.44. The maximum Gasteiger partial charge on any atom is 0.138 e. The van der Waals surface area contributed by atoms with E-state index in [0.717, 1.165) is 19.4 Å². The summed E-state index contributed by atoms with van der Waals surface area (Å²) in [5.41, 5.74) is 0.344. The van der Waals surface area contributed by atoms with Gasteiger partial charge in [0.2, 0.25) is 0 Å². The molecule has 1 fully saturated rings. The Morgan fingerprint density at radius 1 is 1.53 bits per heavy atom. The number of nitrogens with zero attached hydrogens (tertiary/aromatic N) is 1. The van der Waals surface area contributed by atoms with Crippen LogP contribution in [0.3, 0.4) is 0 Å². The van der Waals surface area contributed by atoms with Gasteiger partial charge in [-0.05, 0) is 31.0 Å². The van der Waals surface area contributed by atoms with Gasteiger partial charge in [0, 0.05) is 17.3 Å². The molecule has 1 aromatic carbocycles. The molecule has 0 aromatic heterocycles. The Balaban J connectivity index is 1.66. The Bertz CT molecular complexity index is 455. The molecule has 1 aliphatic rings. The molecule has 19 heavy (non-hydrogen) atoms. The SMILES string of the molecule is N#Cc1ccc(SCCOCC2CCCO2)c(F)c1. The van der Waals surface area contributed by atoms with Crippen molar-refractivity contribution >= 4 is 11.8 Å². The van der Waals surface area contributed by atoms with Crippen molar-refractivity contribution in [1.29, 1.82) is 5.26 Å². The summed E-state index contributed by atoms with van der Waals surface area (Å²) < 4.78 is 24.5. The van der Waals surface area contributed by atoms with Gasteiger partial charge in [0.05, 0.1) is 31.0 Å². The Kier molecular flexibility index (Phi) is 5.64. The number of nitriles is 1. The van der Waals surface area contributed by atoms with Crippen molar-refractivity contribution in [3.8, 4) is 6.07 Å². The molecule has 1 saturated heterocycles. The summed E-state index contributed by atoms with van der Waals surface area (Å²) >= 11 is 1.40. The molecule has 1 aliphatic heterocycles. The van der Waals surface area contributed by atoms with E-state index in [1.165, 1.54) is 17.8 Å². The summed E-state index contributed by atoms with van der Waals surface area (Å²) in [5, 5.41) is 8.65. The number of ether oxygens (including phenoxy) is 2. The van der Waals surface area contributed by atoms with Crippen molar-refractivity contribution in [3.05, 3.63) is 29.6 Å². The molecule has 3 nitrogen and oxygen atoms in total. The van der Waals surface area contributed by atoms with Crippen LogP contribution in [0.2, 0.25) is 0 Å². The molecule has 1 heterocycles. The van der Waals surface area contributed by atoms with Crippen LogP contribution in [0.4, 0.5) is 4.39 Å². The molecule has 0 bridgehead atoms. The van der Waals surface area contributed by atoms with E-state index in [4.69, 9.17) is 14.7 Å². The van der Waals surface area contributed by atoms with Gasteiger partial charge in [-0.25, -0.2) is 4.39 Å². The van der Waals surface area contributed by atoms with Gasteiger partial charge in [-0.3, -0.25) is 0 Å². The smallest absolute Gasteiger partial charge is 0.138 e. The van der Waals surface area contributed by atoms with Crippen LogP contribution < -0.4 is 0 Å². The fraction of sp³-hybridized carbons (Fsp3) is 0.500. The minimum absolute atomic E-state index is 0.233. The topological polar surface area (TPSA) is 42.2 Å². The van der Waals surface area contributed by atoms with E-state index in [1.54, 1.807) is 12.1 Å². The van der Waals surface area contributed by atoms with Gasteiger partial charge in [-0.15, -0.1) is 11.8 Å². The minimum Gasteiger partial charge on any atom is -0.378 e. The molecule has 0 aliphatic carbocycles. The second-order valence-electron chi connectivity index (χ2n) is 4.32. The molecule has 5 heteroatoms. The van der Waals surface area contributed by atoms with Crippen molar-refractivity contribution in [2.75, 3.05) is 25.6 Å². The number of hydrogen-bond acceptors (Lipinski definition) is 4. The third kappa shape index (κ3) is 4.50. The highest BCUT2D eigenvalue weighted by molar-refractivity contribution is 7.99. The second kappa shape index (κ2) is 7.49.